The maximum absolute atomic E-state index is 10.5. The first-order valence-corrected chi connectivity index (χ1v) is 4.61. The van der Waals surface area contributed by atoms with E-state index in [1.165, 1.54) is 19.2 Å². The molecular formula is C10H8ClO5-. The number of carboxylic acids is 1. The van der Waals surface area contributed by atoms with Gasteiger partial charge in [0.15, 0.2) is 11.5 Å². The molecule has 0 spiro atoms. The molecule has 0 aromatic heterocycles. The molecule has 0 amide bonds. The van der Waals surface area contributed by atoms with Crippen LogP contribution in [0.3, 0.4) is 0 Å². The standard InChI is InChI=1S/C10H9ClO5/c1-15-8-3-6(4-12)2-7(11)10(8)16-5-9(13)14/h2-4H,5H2,1H3,(H,13,14)/p-1. The van der Waals surface area contributed by atoms with Crippen molar-refractivity contribution in [1.29, 1.82) is 0 Å². The second-order valence-electron chi connectivity index (χ2n) is 2.81. The van der Waals surface area contributed by atoms with Gasteiger partial charge in [0.25, 0.3) is 0 Å². The van der Waals surface area contributed by atoms with Crippen molar-refractivity contribution in [3.8, 4) is 11.5 Å². The third-order valence-corrected chi connectivity index (χ3v) is 2.00. The van der Waals surface area contributed by atoms with Gasteiger partial charge in [0.05, 0.1) is 18.1 Å². The molecular weight excluding hydrogens is 236 g/mol. The van der Waals surface area contributed by atoms with Gasteiger partial charge in [-0.25, -0.2) is 0 Å². The Morgan fingerprint density at radius 2 is 2.25 bits per heavy atom. The molecule has 6 heteroatoms. The summed E-state index contributed by atoms with van der Waals surface area (Å²) in [7, 11) is 1.35. The minimum absolute atomic E-state index is 0.0685. The largest absolute Gasteiger partial charge is 0.546 e. The summed E-state index contributed by atoms with van der Waals surface area (Å²) >= 11 is 5.80. The molecule has 5 nitrogen and oxygen atoms in total. The minimum Gasteiger partial charge on any atom is -0.546 e. The Morgan fingerprint density at radius 1 is 1.56 bits per heavy atom. The highest BCUT2D eigenvalue weighted by molar-refractivity contribution is 6.32. The lowest BCUT2D eigenvalue weighted by molar-refractivity contribution is -0.307. The number of hydrogen-bond donors (Lipinski definition) is 0. The van der Waals surface area contributed by atoms with Gasteiger partial charge in [-0.3, -0.25) is 4.79 Å². The zero-order valence-corrected chi connectivity index (χ0v) is 9.11. The van der Waals surface area contributed by atoms with Crippen LogP contribution in [0, 0.1) is 0 Å². The van der Waals surface area contributed by atoms with Gasteiger partial charge in [-0.15, -0.1) is 0 Å². The number of halogens is 1. The Labute approximate surface area is 96.5 Å². The Balaban J connectivity index is 3.06. The number of aldehydes is 1. The van der Waals surface area contributed by atoms with Crippen LogP contribution in [0.2, 0.25) is 5.02 Å². The van der Waals surface area contributed by atoms with Crippen LogP contribution in [-0.4, -0.2) is 26.0 Å². The van der Waals surface area contributed by atoms with Gasteiger partial charge in [-0.1, -0.05) is 11.6 Å². The predicted octanol–water partition coefficient (Wildman–Crippen LogP) is 0.290. The molecule has 0 aliphatic carbocycles. The minimum atomic E-state index is -1.38. The van der Waals surface area contributed by atoms with Crippen molar-refractivity contribution in [2.75, 3.05) is 13.7 Å². The molecule has 1 aromatic rings. The average Bonchev–Trinajstić information content (AvgIpc) is 2.26. The van der Waals surface area contributed by atoms with Crippen molar-refractivity contribution in [1.82, 2.24) is 0 Å². The van der Waals surface area contributed by atoms with E-state index in [1.807, 2.05) is 0 Å². The number of carbonyl (C=O) groups excluding carboxylic acids is 2. The maximum atomic E-state index is 10.5. The molecule has 0 saturated carbocycles. The van der Waals surface area contributed by atoms with Gasteiger partial charge in [-0.05, 0) is 12.1 Å². The summed E-state index contributed by atoms with van der Waals surface area (Å²) < 4.78 is 9.80. The molecule has 0 aliphatic heterocycles. The topological polar surface area (TPSA) is 75.7 Å². The monoisotopic (exact) mass is 243 g/mol. The van der Waals surface area contributed by atoms with Crippen LogP contribution in [0.4, 0.5) is 0 Å². The smallest absolute Gasteiger partial charge is 0.180 e. The van der Waals surface area contributed by atoms with E-state index in [-0.39, 0.29) is 16.5 Å². The van der Waals surface area contributed by atoms with Crippen molar-refractivity contribution in [3.05, 3.63) is 22.7 Å². The number of carboxylic acid groups (broad SMARTS) is 1. The summed E-state index contributed by atoms with van der Waals surface area (Å²) in [5, 5.41) is 10.3. The first-order chi connectivity index (χ1) is 7.58. The summed E-state index contributed by atoms with van der Waals surface area (Å²) in [5.41, 5.74) is 0.308. The van der Waals surface area contributed by atoms with Gasteiger partial charge < -0.3 is 19.4 Å². The van der Waals surface area contributed by atoms with Crippen LogP contribution in [0.15, 0.2) is 12.1 Å². The molecule has 0 bridgehead atoms. The molecule has 0 N–H and O–H groups in total. The highest BCUT2D eigenvalue weighted by Crippen LogP contribution is 2.35. The van der Waals surface area contributed by atoms with Gasteiger partial charge in [0.2, 0.25) is 0 Å². The fourth-order valence-corrected chi connectivity index (χ4v) is 1.35. The number of ether oxygens (including phenoxy) is 2. The highest BCUT2D eigenvalue weighted by Gasteiger charge is 2.11. The van der Waals surface area contributed by atoms with Crippen LogP contribution in [-0.2, 0) is 4.79 Å². The van der Waals surface area contributed by atoms with E-state index in [0.29, 0.717) is 11.8 Å². The van der Waals surface area contributed by atoms with Crippen molar-refractivity contribution in [2.45, 2.75) is 0 Å². The SMILES string of the molecule is COc1cc(C=O)cc(Cl)c1OCC(=O)[O-]. The van der Waals surface area contributed by atoms with Crippen molar-refractivity contribution >= 4 is 23.9 Å². The zero-order chi connectivity index (χ0) is 12.1. The van der Waals surface area contributed by atoms with Crippen LogP contribution in [0.1, 0.15) is 10.4 Å². The first kappa shape index (κ1) is 12.3. The lowest BCUT2D eigenvalue weighted by Gasteiger charge is -2.13. The van der Waals surface area contributed by atoms with Gasteiger partial charge in [0.1, 0.15) is 12.9 Å². The second kappa shape index (κ2) is 5.37. The van der Waals surface area contributed by atoms with Crippen LogP contribution < -0.4 is 14.6 Å². The van der Waals surface area contributed by atoms with Gasteiger partial charge >= 0.3 is 0 Å². The fourth-order valence-electron chi connectivity index (χ4n) is 1.08. The van der Waals surface area contributed by atoms with E-state index in [0.717, 1.165) is 0 Å². The fraction of sp³-hybridized carbons (Fsp3) is 0.200. The molecule has 16 heavy (non-hydrogen) atoms. The van der Waals surface area contributed by atoms with E-state index in [2.05, 4.69) is 0 Å². The highest BCUT2D eigenvalue weighted by atomic mass is 35.5. The summed E-state index contributed by atoms with van der Waals surface area (Å²) in [5.74, 6) is -1.12. The number of hydrogen-bond acceptors (Lipinski definition) is 5. The lowest BCUT2D eigenvalue weighted by atomic mass is 10.2. The van der Waals surface area contributed by atoms with Gasteiger partial charge in [0, 0.05) is 5.56 Å². The molecule has 0 heterocycles. The van der Waals surface area contributed by atoms with Crippen LogP contribution in [0.5, 0.6) is 11.5 Å². The Bertz CT molecular complexity index is 416. The zero-order valence-electron chi connectivity index (χ0n) is 8.36. The molecule has 0 unspecified atom stereocenters. The Hall–Kier alpha value is -1.75. The third kappa shape index (κ3) is 2.87. The normalized spacial score (nSPS) is 9.62. The lowest BCUT2D eigenvalue weighted by Crippen LogP contribution is -2.29. The van der Waals surface area contributed by atoms with Gasteiger partial charge in [-0.2, -0.15) is 0 Å². The molecule has 0 radical (unpaired) electrons. The number of benzene rings is 1. The van der Waals surface area contributed by atoms with E-state index >= 15 is 0 Å². The molecule has 0 fully saturated rings. The molecule has 0 aliphatic rings. The number of rotatable bonds is 5. The van der Waals surface area contributed by atoms with E-state index in [4.69, 9.17) is 21.1 Å². The summed E-state index contributed by atoms with van der Waals surface area (Å²) in [6.07, 6.45) is 0.594. The number of carbonyl (C=O) groups is 2. The Kier molecular flexibility index (Phi) is 4.13. The van der Waals surface area contributed by atoms with Crippen molar-refractivity contribution < 1.29 is 24.2 Å². The molecule has 86 valence electrons. The number of aliphatic carboxylic acids is 1. The van der Waals surface area contributed by atoms with Crippen LogP contribution in [0.25, 0.3) is 0 Å². The quantitative estimate of drug-likeness (QED) is 0.695. The van der Waals surface area contributed by atoms with Crippen molar-refractivity contribution in [2.24, 2.45) is 0 Å². The predicted molar refractivity (Wildman–Crippen MR) is 53.9 cm³/mol. The molecule has 0 saturated heterocycles. The molecule has 0 atom stereocenters. The summed E-state index contributed by atoms with van der Waals surface area (Å²) in [6, 6.07) is 2.74. The van der Waals surface area contributed by atoms with Crippen LogP contribution >= 0.6 is 11.6 Å². The van der Waals surface area contributed by atoms with Crippen molar-refractivity contribution in [3.63, 3.8) is 0 Å². The number of methoxy groups -OCH3 is 1. The Morgan fingerprint density at radius 3 is 2.75 bits per heavy atom. The molecule has 1 aromatic carbocycles. The maximum Gasteiger partial charge on any atom is 0.180 e. The average molecular weight is 244 g/mol. The summed E-state index contributed by atoms with van der Waals surface area (Å²) in [6.45, 7) is -0.642. The first-order valence-electron chi connectivity index (χ1n) is 4.24. The second-order valence-corrected chi connectivity index (χ2v) is 3.22. The summed E-state index contributed by atoms with van der Waals surface area (Å²) in [4.78, 5) is 20.8. The third-order valence-electron chi connectivity index (χ3n) is 1.72. The van der Waals surface area contributed by atoms with E-state index in [9.17, 15) is 14.7 Å². The molecule has 1 rings (SSSR count). The van der Waals surface area contributed by atoms with E-state index < -0.39 is 12.6 Å². The van der Waals surface area contributed by atoms with E-state index in [1.54, 1.807) is 0 Å².